The molecule has 0 radical (unpaired) electrons. The number of nitrogens with one attached hydrogen (secondary N) is 4. The van der Waals surface area contributed by atoms with Crippen molar-refractivity contribution in [2.24, 2.45) is 0 Å². The first-order valence-electron chi connectivity index (χ1n) is 12.6. The lowest BCUT2D eigenvalue weighted by molar-refractivity contribution is -0.127. The summed E-state index contributed by atoms with van der Waals surface area (Å²) in [7, 11) is 0. The second-order valence-electron chi connectivity index (χ2n) is 9.72. The summed E-state index contributed by atoms with van der Waals surface area (Å²) in [5.74, 6) is -0.367. The van der Waals surface area contributed by atoms with E-state index < -0.39 is 6.04 Å². The summed E-state index contributed by atoms with van der Waals surface area (Å²) in [6, 6.07) is 15.1. The zero-order chi connectivity index (χ0) is 24.6. The quantitative estimate of drug-likeness (QED) is 0.297. The van der Waals surface area contributed by atoms with Gasteiger partial charge in [-0.25, -0.2) is 4.79 Å². The third kappa shape index (κ3) is 4.02. The summed E-state index contributed by atoms with van der Waals surface area (Å²) in [6.45, 7) is 0.306. The van der Waals surface area contributed by atoms with Gasteiger partial charge in [-0.2, -0.15) is 0 Å². The molecule has 2 aromatic carbocycles. The first kappa shape index (κ1) is 22.4. The molecule has 4 N–H and O–H groups in total. The van der Waals surface area contributed by atoms with Gasteiger partial charge in [0.05, 0.1) is 6.04 Å². The number of imide groups is 1. The number of aromatic nitrogens is 2. The number of aryl methyl sites for hydroxylation is 1. The van der Waals surface area contributed by atoms with Crippen LogP contribution in [0.15, 0.2) is 54.7 Å². The molecular weight excluding hydrogens is 454 g/mol. The van der Waals surface area contributed by atoms with Crippen molar-refractivity contribution in [3.63, 3.8) is 0 Å². The number of hydrogen-bond donors (Lipinski definition) is 4. The fraction of sp³-hybridized carbons (Fsp3) is 0.321. The third-order valence-electron chi connectivity index (χ3n) is 7.50. The Morgan fingerprint density at radius 1 is 1.03 bits per heavy atom. The molecule has 1 aliphatic heterocycles. The summed E-state index contributed by atoms with van der Waals surface area (Å²) >= 11 is 0. The number of carbonyl (C=O) groups excluding carboxylic acids is 3. The van der Waals surface area contributed by atoms with Gasteiger partial charge < -0.3 is 20.6 Å². The maximum Gasteiger partial charge on any atom is 0.324 e. The molecular formula is C28H29N5O3. The van der Waals surface area contributed by atoms with E-state index in [4.69, 9.17) is 0 Å². The molecule has 1 fully saturated rings. The number of benzene rings is 2. The molecule has 8 nitrogen and oxygen atoms in total. The molecule has 4 amide bonds. The van der Waals surface area contributed by atoms with Gasteiger partial charge in [-0.3, -0.25) is 14.5 Å². The first-order valence-corrected chi connectivity index (χ1v) is 12.6. The smallest absolute Gasteiger partial charge is 0.324 e. The SMILES string of the molecule is O=C(CC[C@@H]1NC(=O)N(CCc2c[nH]c3ccccc23)C1=O)NC1CCCc2c1[nH]c1ccccc21. The molecule has 4 aromatic rings. The Balaban J connectivity index is 1.05. The van der Waals surface area contributed by atoms with Gasteiger partial charge in [0.15, 0.2) is 0 Å². The van der Waals surface area contributed by atoms with Crippen LogP contribution in [-0.4, -0.2) is 45.3 Å². The molecule has 2 aliphatic rings. The van der Waals surface area contributed by atoms with Crippen LogP contribution in [0.4, 0.5) is 4.79 Å². The zero-order valence-electron chi connectivity index (χ0n) is 20.0. The minimum absolute atomic E-state index is 0.0600. The molecule has 2 atom stereocenters. The summed E-state index contributed by atoms with van der Waals surface area (Å²) in [5, 5.41) is 8.22. The minimum Gasteiger partial charge on any atom is -0.361 e. The molecule has 8 heteroatoms. The number of hydrogen-bond acceptors (Lipinski definition) is 3. The Labute approximate surface area is 208 Å². The molecule has 0 bridgehead atoms. The molecule has 0 saturated carbocycles. The summed E-state index contributed by atoms with van der Waals surface area (Å²) < 4.78 is 0. The molecule has 3 heterocycles. The van der Waals surface area contributed by atoms with E-state index in [0.29, 0.717) is 13.0 Å². The molecule has 1 aliphatic carbocycles. The van der Waals surface area contributed by atoms with Crippen LogP contribution in [0.1, 0.15) is 48.5 Å². The second kappa shape index (κ2) is 9.18. The van der Waals surface area contributed by atoms with E-state index in [-0.39, 0.29) is 36.7 Å². The van der Waals surface area contributed by atoms with Gasteiger partial charge in [-0.15, -0.1) is 0 Å². The number of rotatable bonds is 7. The Morgan fingerprint density at radius 2 is 1.81 bits per heavy atom. The molecule has 1 unspecified atom stereocenters. The molecule has 0 spiro atoms. The van der Waals surface area contributed by atoms with Gasteiger partial charge in [0.25, 0.3) is 5.91 Å². The number of H-pyrrole nitrogens is 2. The highest BCUT2D eigenvalue weighted by atomic mass is 16.2. The maximum absolute atomic E-state index is 12.9. The van der Waals surface area contributed by atoms with Gasteiger partial charge in [0, 0.05) is 46.7 Å². The molecule has 6 rings (SSSR count). The van der Waals surface area contributed by atoms with Crippen molar-refractivity contribution >= 4 is 39.7 Å². The third-order valence-corrected chi connectivity index (χ3v) is 7.50. The van der Waals surface area contributed by atoms with Crippen molar-refractivity contribution in [1.82, 2.24) is 25.5 Å². The number of urea groups is 1. The van der Waals surface area contributed by atoms with Crippen LogP contribution in [0, 0.1) is 0 Å². The van der Waals surface area contributed by atoms with Crippen LogP contribution in [0.2, 0.25) is 0 Å². The number of fused-ring (bicyclic) bond motifs is 4. The topological polar surface area (TPSA) is 110 Å². The molecule has 184 valence electrons. The average molecular weight is 484 g/mol. The van der Waals surface area contributed by atoms with Crippen LogP contribution in [0.5, 0.6) is 0 Å². The van der Waals surface area contributed by atoms with Gasteiger partial charge in [0.2, 0.25) is 5.91 Å². The van der Waals surface area contributed by atoms with Gasteiger partial charge in [-0.05, 0) is 55.4 Å². The maximum atomic E-state index is 12.9. The van der Waals surface area contributed by atoms with Gasteiger partial charge >= 0.3 is 6.03 Å². The minimum atomic E-state index is -0.666. The van der Waals surface area contributed by atoms with Crippen LogP contribution in [0.3, 0.4) is 0 Å². The normalized spacial score (nSPS) is 19.6. The first-order chi connectivity index (χ1) is 17.6. The molecule has 36 heavy (non-hydrogen) atoms. The van der Waals surface area contributed by atoms with Crippen molar-refractivity contribution in [3.8, 4) is 0 Å². The van der Waals surface area contributed by atoms with Crippen LogP contribution in [-0.2, 0) is 22.4 Å². The largest absolute Gasteiger partial charge is 0.361 e. The second-order valence-corrected chi connectivity index (χ2v) is 9.72. The highest BCUT2D eigenvalue weighted by Gasteiger charge is 2.37. The van der Waals surface area contributed by atoms with E-state index in [9.17, 15) is 14.4 Å². The Morgan fingerprint density at radius 3 is 2.67 bits per heavy atom. The van der Waals surface area contributed by atoms with E-state index in [1.165, 1.54) is 15.8 Å². The van der Waals surface area contributed by atoms with E-state index in [2.05, 4.69) is 32.7 Å². The van der Waals surface area contributed by atoms with Crippen molar-refractivity contribution in [3.05, 3.63) is 71.5 Å². The number of carbonyl (C=O) groups is 3. The highest BCUT2D eigenvalue weighted by Crippen LogP contribution is 2.34. The van der Waals surface area contributed by atoms with E-state index in [1.54, 1.807) is 0 Å². The monoisotopic (exact) mass is 483 g/mol. The highest BCUT2D eigenvalue weighted by molar-refractivity contribution is 6.04. The lowest BCUT2D eigenvalue weighted by atomic mass is 9.91. The molecule has 2 aromatic heterocycles. The van der Waals surface area contributed by atoms with E-state index >= 15 is 0 Å². The Hall–Kier alpha value is -4.07. The Kier molecular flexibility index (Phi) is 5.71. The van der Waals surface area contributed by atoms with E-state index in [1.807, 2.05) is 42.6 Å². The number of aromatic amines is 2. The van der Waals surface area contributed by atoms with Crippen LogP contribution in [0.25, 0.3) is 21.8 Å². The van der Waals surface area contributed by atoms with Crippen molar-refractivity contribution in [2.75, 3.05) is 6.54 Å². The fourth-order valence-corrected chi connectivity index (χ4v) is 5.66. The van der Waals surface area contributed by atoms with Crippen molar-refractivity contribution in [1.29, 1.82) is 0 Å². The van der Waals surface area contributed by atoms with Gasteiger partial charge in [-0.1, -0.05) is 36.4 Å². The lowest BCUT2D eigenvalue weighted by Gasteiger charge is -2.24. The van der Waals surface area contributed by atoms with Crippen molar-refractivity contribution in [2.45, 2.75) is 50.6 Å². The number of para-hydroxylation sites is 2. The van der Waals surface area contributed by atoms with E-state index in [0.717, 1.165) is 46.9 Å². The van der Waals surface area contributed by atoms with Gasteiger partial charge in [0.1, 0.15) is 6.04 Å². The standard InChI is InChI=1S/C28H29N5O3/c34-25(30-23-11-5-8-20-19-7-2-4-10-22(19)31-26(20)23)13-12-24-27(35)33(28(36)32-24)15-14-17-16-29-21-9-3-1-6-18(17)21/h1-4,6-7,9-10,16,23-24,29,31H,5,8,11-15H2,(H,30,34)(H,32,36)/t23?,24-/m0/s1. The molecule has 1 saturated heterocycles. The average Bonchev–Trinajstić information content (AvgIpc) is 3.56. The van der Waals surface area contributed by atoms with Crippen LogP contribution < -0.4 is 10.6 Å². The predicted octanol–water partition coefficient (Wildman–Crippen LogP) is 4.09. The van der Waals surface area contributed by atoms with Crippen LogP contribution >= 0.6 is 0 Å². The lowest BCUT2D eigenvalue weighted by Crippen LogP contribution is -2.35. The van der Waals surface area contributed by atoms with Crippen molar-refractivity contribution < 1.29 is 14.4 Å². The summed E-state index contributed by atoms with van der Waals surface area (Å²) in [6.07, 6.45) is 5.86. The Bertz CT molecular complexity index is 1470. The zero-order valence-corrected chi connectivity index (χ0v) is 20.0. The predicted molar refractivity (Wildman–Crippen MR) is 137 cm³/mol. The number of amides is 4. The fourth-order valence-electron chi connectivity index (χ4n) is 5.66. The number of nitrogens with zero attached hydrogens (tertiary/aromatic N) is 1. The summed E-state index contributed by atoms with van der Waals surface area (Å²) in [5.41, 5.74) is 5.57. The summed E-state index contributed by atoms with van der Waals surface area (Å²) in [4.78, 5) is 46.2.